The van der Waals surface area contributed by atoms with Gasteiger partial charge in [0.25, 0.3) is 0 Å². The Morgan fingerprint density at radius 2 is 1.96 bits per heavy atom. The van der Waals surface area contributed by atoms with Crippen molar-refractivity contribution in [1.82, 2.24) is 15.1 Å². The Bertz CT molecular complexity index is 871. The van der Waals surface area contributed by atoms with Crippen LogP contribution in [0, 0.1) is 11.6 Å². The molecule has 4 rings (SSSR count). The molecule has 0 spiro atoms. The normalized spacial score (nSPS) is 17.8. The van der Waals surface area contributed by atoms with Crippen LogP contribution in [-0.2, 0) is 4.74 Å². The SMILES string of the molecule is Fc1cccc(F)c1-n1nc(OC[C@@H]2CNCCO2)c2ccccc21. The number of halogens is 2. The van der Waals surface area contributed by atoms with Crippen LogP contribution in [0.25, 0.3) is 16.6 Å². The van der Waals surface area contributed by atoms with E-state index in [1.807, 2.05) is 12.1 Å². The molecule has 1 atom stereocenters. The highest BCUT2D eigenvalue weighted by Crippen LogP contribution is 2.29. The van der Waals surface area contributed by atoms with Crippen molar-refractivity contribution in [1.29, 1.82) is 0 Å². The Labute approximate surface area is 143 Å². The van der Waals surface area contributed by atoms with E-state index in [2.05, 4.69) is 10.4 Å². The van der Waals surface area contributed by atoms with E-state index in [4.69, 9.17) is 9.47 Å². The fourth-order valence-corrected chi connectivity index (χ4v) is 2.90. The van der Waals surface area contributed by atoms with Gasteiger partial charge in [0.2, 0.25) is 5.88 Å². The van der Waals surface area contributed by atoms with Crippen molar-refractivity contribution in [2.45, 2.75) is 6.10 Å². The van der Waals surface area contributed by atoms with Crippen LogP contribution in [0.3, 0.4) is 0 Å². The molecule has 25 heavy (non-hydrogen) atoms. The molecule has 7 heteroatoms. The van der Waals surface area contributed by atoms with Crippen molar-refractivity contribution >= 4 is 10.9 Å². The average Bonchev–Trinajstić information content (AvgIpc) is 3.00. The highest BCUT2D eigenvalue weighted by atomic mass is 19.1. The molecule has 0 amide bonds. The minimum atomic E-state index is -0.681. The number of para-hydroxylation sites is 2. The van der Waals surface area contributed by atoms with Crippen LogP contribution in [0.4, 0.5) is 8.78 Å². The second-order valence-corrected chi connectivity index (χ2v) is 5.81. The third-order valence-electron chi connectivity index (χ3n) is 4.11. The van der Waals surface area contributed by atoms with Gasteiger partial charge >= 0.3 is 0 Å². The monoisotopic (exact) mass is 345 g/mol. The van der Waals surface area contributed by atoms with Crippen molar-refractivity contribution in [3.63, 3.8) is 0 Å². The zero-order valence-corrected chi connectivity index (χ0v) is 13.4. The van der Waals surface area contributed by atoms with E-state index in [-0.39, 0.29) is 11.8 Å². The number of ether oxygens (including phenoxy) is 2. The van der Waals surface area contributed by atoms with Gasteiger partial charge in [-0.3, -0.25) is 0 Å². The molecule has 3 aromatic rings. The summed E-state index contributed by atoms with van der Waals surface area (Å²) in [7, 11) is 0. The zero-order valence-electron chi connectivity index (χ0n) is 13.4. The number of nitrogens with one attached hydrogen (secondary N) is 1. The molecule has 0 saturated carbocycles. The average molecular weight is 345 g/mol. The van der Waals surface area contributed by atoms with Crippen LogP contribution in [0.2, 0.25) is 0 Å². The molecular formula is C18H17F2N3O2. The predicted molar refractivity (Wildman–Crippen MR) is 89.1 cm³/mol. The quantitative estimate of drug-likeness (QED) is 0.790. The first-order valence-electron chi connectivity index (χ1n) is 8.11. The van der Waals surface area contributed by atoms with Crippen molar-refractivity contribution in [3.05, 3.63) is 54.1 Å². The molecule has 1 fully saturated rings. The standard InChI is InChI=1S/C18H17F2N3O2/c19-14-5-3-6-15(20)17(14)23-16-7-2-1-4-13(16)18(22-23)25-11-12-10-21-8-9-24-12/h1-7,12,21H,8-11H2/t12-/m0/s1. The first-order chi connectivity index (χ1) is 12.2. The van der Waals surface area contributed by atoms with Crippen LogP contribution in [0.5, 0.6) is 5.88 Å². The van der Waals surface area contributed by atoms with Crippen LogP contribution < -0.4 is 10.1 Å². The van der Waals surface area contributed by atoms with Gasteiger partial charge in [-0.15, -0.1) is 5.10 Å². The van der Waals surface area contributed by atoms with Gasteiger partial charge in [-0.1, -0.05) is 18.2 Å². The number of fused-ring (bicyclic) bond motifs is 1. The van der Waals surface area contributed by atoms with Crippen LogP contribution in [-0.4, -0.2) is 42.2 Å². The third kappa shape index (κ3) is 3.08. The summed E-state index contributed by atoms with van der Waals surface area (Å²) in [4.78, 5) is 0. The van der Waals surface area contributed by atoms with E-state index >= 15 is 0 Å². The topological polar surface area (TPSA) is 48.3 Å². The fraction of sp³-hybridized carbons (Fsp3) is 0.278. The highest BCUT2D eigenvalue weighted by molar-refractivity contribution is 5.86. The highest BCUT2D eigenvalue weighted by Gasteiger charge is 2.20. The molecule has 2 aromatic carbocycles. The van der Waals surface area contributed by atoms with Crippen LogP contribution in [0.1, 0.15) is 0 Å². The first kappa shape index (κ1) is 16.0. The minimum Gasteiger partial charge on any atom is -0.473 e. The lowest BCUT2D eigenvalue weighted by Gasteiger charge is -2.23. The van der Waals surface area contributed by atoms with Crippen LogP contribution in [0.15, 0.2) is 42.5 Å². The number of hydrogen-bond donors (Lipinski definition) is 1. The summed E-state index contributed by atoms with van der Waals surface area (Å²) >= 11 is 0. The summed E-state index contributed by atoms with van der Waals surface area (Å²) in [6.07, 6.45) is -0.0807. The number of morpholine rings is 1. The smallest absolute Gasteiger partial charge is 0.241 e. The fourth-order valence-electron chi connectivity index (χ4n) is 2.90. The predicted octanol–water partition coefficient (Wildman–Crippen LogP) is 2.67. The molecule has 0 aliphatic carbocycles. The lowest BCUT2D eigenvalue weighted by Crippen LogP contribution is -2.41. The second kappa shape index (κ2) is 6.78. The minimum absolute atomic E-state index is 0.0807. The zero-order chi connectivity index (χ0) is 17.2. The molecule has 0 unspecified atom stereocenters. The number of benzene rings is 2. The Kier molecular flexibility index (Phi) is 4.33. The van der Waals surface area contributed by atoms with Crippen molar-refractivity contribution in [2.75, 3.05) is 26.3 Å². The Balaban J connectivity index is 1.71. The molecule has 0 radical (unpaired) electrons. The second-order valence-electron chi connectivity index (χ2n) is 5.81. The van der Waals surface area contributed by atoms with E-state index in [1.165, 1.54) is 22.9 Å². The van der Waals surface area contributed by atoms with E-state index < -0.39 is 11.6 Å². The first-order valence-corrected chi connectivity index (χ1v) is 8.11. The van der Waals surface area contributed by atoms with Gasteiger partial charge < -0.3 is 14.8 Å². The van der Waals surface area contributed by atoms with Crippen molar-refractivity contribution in [2.24, 2.45) is 0 Å². The maximum atomic E-state index is 14.2. The molecule has 1 aliphatic heterocycles. The van der Waals surface area contributed by atoms with Gasteiger partial charge in [-0.2, -0.15) is 0 Å². The van der Waals surface area contributed by atoms with E-state index in [1.54, 1.807) is 12.1 Å². The summed E-state index contributed by atoms with van der Waals surface area (Å²) in [5, 5.41) is 8.22. The Morgan fingerprint density at radius 3 is 2.72 bits per heavy atom. The third-order valence-corrected chi connectivity index (χ3v) is 4.11. The molecule has 0 bridgehead atoms. The number of rotatable bonds is 4. The van der Waals surface area contributed by atoms with E-state index in [9.17, 15) is 8.78 Å². The maximum absolute atomic E-state index is 14.2. The van der Waals surface area contributed by atoms with Gasteiger partial charge in [0.1, 0.15) is 18.4 Å². The lowest BCUT2D eigenvalue weighted by atomic mass is 10.2. The molecular weight excluding hydrogens is 328 g/mol. The molecule has 1 saturated heterocycles. The summed E-state index contributed by atoms with van der Waals surface area (Å²) in [6, 6.07) is 10.9. The number of nitrogens with zero attached hydrogens (tertiary/aromatic N) is 2. The van der Waals surface area contributed by atoms with Crippen LogP contribution >= 0.6 is 0 Å². The molecule has 1 aromatic heterocycles. The van der Waals surface area contributed by atoms with Crippen molar-refractivity contribution in [3.8, 4) is 11.6 Å². The van der Waals surface area contributed by atoms with Gasteiger partial charge in [0.05, 0.1) is 17.5 Å². The van der Waals surface area contributed by atoms with Gasteiger partial charge in [0, 0.05) is 13.1 Å². The number of hydrogen-bond acceptors (Lipinski definition) is 4. The Hall–Kier alpha value is -2.51. The largest absolute Gasteiger partial charge is 0.473 e. The molecule has 130 valence electrons. The molecule has 1 N–H and O–H groups in total. The van der Waals surface area contributed by atoms with Crippen molar-refractivity contribution < 1.29 is 18.3 Å². The van der Waals surface area contributed by atoms with E-state index in [0.29, 0.717) is 36.5 Å². The summed E-state index contributed by atoms with van der Waals surface area (Å²) in [5.41, 5.74) is 0.355. The molecule has 5 nitrogen and oxygen atoms in total. The molecule has 2 heterocycles. The van der Waals surface area contributed by atoms with Gasteiger partial charge in [0.15, 0.2) is 11.6 Å². The van der Waals surface area contributed by atoms with Gasteiger partial charge in [-0.25, -0.2) is 13.5 Å². The number of aromatic nitrogens is 2. The maximum Gasteiger partial charge on any atom is 0.241 e. The van der Waals surface area contributed by atoms with Gasteiger partial charge in [-0.05, 0) is 24.3 Å². The lowest BCUT2D eigenvalue weighted by molar-refractivity contribution is -0.000510. The Morgan fingerprint density at radius 1 is 1.16 bits per heavy atom. The summed E-state index contributed by atoms with van der Waals surface area (Å²) in [6.45, 7) is 2.46. The van der Waals surface area contributed by atoms with E-state index in [0.717, 1.165) is 6.54 Å². The summed E-state index contributed by atoms with van der Waals surface area (Å²) < 4.78 is 41.0. The molecule has 1 aliphatic rings. The summed E-state index contributed by atoms with van der Waals surface area (Å²) in [5.74, 6) is -1.04.